The van der Waals surface area contributed by atoms with E-state index in [2.05, 4.69) is 35.9 Å². The van der Waals surface area contributed by atoms with Crippen molar-refractivity contribution in [2.45, 2.75) is 33.3 Å². The predicted molar refractivity (Wildman–Crippen MR) is 64.7 cm³/mol. The van der Waals surface area contributed by atoms with Crippen molar-refractivity contribution in [1.82, 2.24) is 10.2 Å². The first-order chi connectivity index (χ1) is 7.24. The third-order valence-corrected chi connectivity index (χ3v) is 2.35. The summed E-state index contributed by atoms with van der Waals surface area (Å²) < 4.78 is 0. The van der Waals surface area contributed by atoms with Crippen LogP contribution in [0.15, 0.2) is 0 Å². The van der Waals surface area contributed by atoms with E-state index < -0.39 is 0 Å². The van der Waals surface area contributed by atoms with Crippen LogP contribution in [0, 0.1) is 11.8 Å². The van der Waals surface area contributed by atoms with Crippen LogP contribution in [0.3, 0.4) is 0 Å². The quantitative estimate of drug-likeness (QED) is 0.459. The molecule has 0 bridgehead atoms. The molecule has 0 fully saturated rings. The Kier molecular flexibility index (Phi) is 9.60. The van der Waals surface area contributed by atoms with Crippen LogP contribution in [0.4, 0.5) is 0 Å². The Labute approximate surface area is 93.9 Å². The summed E-state index contributed by atoms with van der Waals surface area (Å²) in [5.41, 5.74) is 0. The predicted octanol–water partition coefficient (Wildman–Crippen LogP) is 0.692. The highest BCUT2D eigenvalue weighted by molar-refractivity contribution is 4.95. The van der Waals surface area contributed by atoms with Gasteiger partial charge in [-0.25, -0.2) is 0 Å². The van der Waals surface area contributed by atoms with Crippen molar-refractivity contribution < 1.29 is 5.11 Å². The van der Waals surface area contributed by atoms with Gasteiger partial charge in [0.15, 0.2) is 0 Å². The van der Waals surface area contributed by atoms with Crippen LogP contribution in [0.5, 0.6) is 0 Å². The lowest BCUT2D eigenvalue weighted by molar-refractivity contribution is 0.117. The molecule has 88 valence electrons. The van der Waals surface area contributed by atoms with Crippen LogP contribution >= 0.6 is 0 Å². The summed E-state index contributed by atoms with van der Waals surface area (Å²) in [5, 5.41) is 12.9. The SMILES string of the molecule is CC#CCCNCC(O)CN(CC)CC. The van der Waals surface area contributed by atoms with E-state index in [1.54, 1.807) is 0 Å². The molecule has 2 N–H and O–H groups in total. The fourth-order valence-electron chi connectivity index (χ4n) is 1.39. The number of nitrogens with one attached hydrogen (secondary N) is 1. The van der Waals surface area contributed by atoms with E-state index in [9.17, 15) is 5.11 Å². The summed E-state index contributed by atoms with van der Waals surface area (Å²) in [5.74, 6) is 5.83. The lowest BCUT2D eigenvalue weighted by Crippen LogP contribution is -2.38. The molecule has 0 aliphatic rings. The third-order valence-electron chi connectivity index (χ3n) is 2.35. The topological polar surface area (TPSA) is 35.5 Å². The van der Waals surface area contributed by atoms with Crippen LogP contribution in [0.1, 0.15) is 27.2 Å². The second-order valence-electron chi connectivity index (χ2n) is 3.52. The molecule has 0 aliphatic heterocycles. The minimum atomic E-state index is -0.278. The van der Waals surface area contributed by atoms with E-state index in [1.165, 1.54) is 0 Å². The van der Waals surface area contributed by atoms with E-state index >= 15 is 0 Å². The van der Waals surface area contributed by atoms with Gasteiger partial charge in [-0.1, -0.05) is 13.8 Å². The minimum absolute atomic E-state index is 0.278. The van der Waals surface area contributed by atoms with Gasteiger partial charge in [-0.3, -0.25) is 0 Å². The highest BCUT2D eigenvalue weighted by Crippen LogP contribution is 1.91. The van der Waals surface area contributed by atoms with Crippen molar-refractivity contribution in [2.24, 2.45) is 0 Å². The Morgan fingerprint density at radius 1 is 1.33 bits per heavy atom. The molecule has 0 radical (unpaired) electrons. The number of aliphatic hydroxyl groups excluding tert-OH is 1. The molecule has 0 aromatic heterocycles. The molecule has 0 saturated carbocycles. The molecule has 0 heterocycles. The number of hydrogen-bond donors (Lipinski definition) is 2. The molecular weight excluding hydrogens is 188 g/mol. The van der Waals surface area contributed by atoms with Crippen molar-refractivity contribution in [3.05, 3.63) is 0 Å². The average molecular weight is 212 g/mol. The number of rotatable bonds is 8. The van der Waals surface area contributed by atoms with E-state index in [0.29, 0.717) is 6.54 Å². The zero-order valence-corrected chi connectivity index (χ0v) is 10.2. The maximum Gasteiger partial charge on any atom is 0.0791 e. The summed E-state index contributed by atoms with van der Waals surface area (Å²) >= 11 is 0. The van der Waals surface area contributed by atoms with Crippen LogP contribution in [-0.4, -0.2) is 48.8 Å². The molecule has 0 spiro atoms. The van der Waals surface area contributed by atoms with Crippen LogP contribution in [0.2, 0.25) is 0 Å². The Bertz CT molecular complexity index is 192. The van der Waals surface area contributed by atoms with E-state index in [-0.39, 0.29) is 6.10 Å². The number of likely N-dealkylation sites (N-methyl/N-ethyl adjacent to an activating group) is 1. The van der Waals surface area contributed by atoms with Gasteiger partial charge in [-0.05, 0) is 20.0 Å². The van der Waals surface area contributed by atoms with Crippen LogP contribution < -0.4 is 5.32 Å². The Morgan fingerprint density at radius 3 is 2.53 bits per heavy atom. The van der Waals surface area contributed by atoms with Gasteiger partial charge in [0.05, 0.1) is 6.10 Å². The van der Waals surface area contributed by atoms with Gasteiger partial charge < -0.3 is 15.3 Å². The highest BCUT2D eigenvalue weighted by atomic mass is 16.3. The molecule has 0 amide bonds. The maximum atomic E-state index is 9.70. The standard InChI is InChI=1S/C12H24N2O/c1-4-7-8-9-13-10-12(15)11-14(5-2)6-3/h12-13,15H,5-6,8-11H2,1-3H3. The van der Waals surface area contributed by atoms with Crippen molar-refractivity contribution in [3.63, 3.8) is 0 Å². The van der Waals surface area contributed by atoms with Crippen LogP contribution in [-0.2, 0) is 0 Å². The summed E-state index contributed by atoms with van der Waals surface area (Å²) in [6.45, 7) is 10.3. The Hall–Kier alpha value is -0.560. The minimum Gasteiger partial charge on any atom is -0.390 e. The zero-order valence-electron chi connectivity index (χ0n) is 10.2. The molecule has 3 nitrogen and oxygen atoms in total. The molecule has 0 aromatic carbocycles. The molecule has 0 aliphatic carbocycles. The average Bonchev–Trinajstić information content (AvgIpc) is 2.25. The second kappa shape index (κ2) is 9.97. The summed E-state index contributed by atoms with van der Waals surface area (Å²) in [4.78, 5) is 2.22. The first kappa shape index (κ1) is 14.4. The number of nitrogens with zero attached hydrogens (tertiary/aromatic N) is 1. The lowest BCUT2D eigenvalue weighted by Gasteiger charge is -2.21. The summed E-state index contributed by atoms with van der Waals surface area (Å²) in [6, 6.07) is 0. The van der Waals surface area contributed by atoms with Gasteiger partial charge in [0.25, 0.3) is 0 Å². The van der Waals surface area contributed by atoms with E-state index in [0.717, 1.165) is 32.6 Å². The van der Waals surface area contributed by atoms with Crippen molar-refractivity contribution in [1.29, 1.82) is 0 Å². The van der Waals surface area contributed by atoms with E-state index in [1.807, 2.05) is 6.92 Å². The molecule has 0 aromatic rings. The molecule has 3 heteroatoms. The van der Waals surface area contributed by atoms with Gasteiger partial charge >= 0.3 is 0 Å². The molecule has 1 atom stereocenters. The maximum absolute atomic E-state index is 9.70. The normalized spacial score (nSPS) is 12.3. The molecular formula is C12H24N2O. The van der Waals surface area contributed by atoms with Gasteiger partial charge in [-0.15, -0.1) is 11.8 Å². The second-order valence-corrected chi connectivity index (χ2v) is 3.52. The fraction of sp³-hybridized carbons (Fsp3) is 0.833. The summed E-state index contributed by atoms with van der Waals surface area (Å²) in [6.07, 6.45) is 0.577. The molecule has 0 saturated heterocycles. The fourth-order valence-corrected chi connectivity index (χ4v) is 1.39. The monoisotopic (exact) mass is 212 g/mol. The lowest BCUT2D eigenvalue weighted by atomic mass is 10.3. The van der Waals surface area contributed by atoms with E-state index in [4.69, 9.17) is 0 Å². The highest BCUT2D eigenvalue weighted by Gasteiger charge is 2.07. The first-order valence-corrected chi connectivity index (χ1v) is 5.75. The van der Waals surface area contributed by atoms with Crippen molar-refractivity contribution in [3.8, 4) is 11.8 Å². The number of aliphatic hydroxyl groups is 1. The third kappa shape index (κ3) is 8.44. The van der Waals surface area contributed by atoms with Crippen LogP contribution in [0.25, 0.3) is 0 Å². The Morgan fingerprint density at radius 2 is 2.00 bits per heavy atom. The number of hydrogen-bond acceptors (Lipinski definition) is 3. The first-order valence-electron chi connectivity index (χ1n) is 5.75. The van der Waals surface area contributed by atoms with Crippen molar-refractivity contribution >= 4 is 0 Å². The zero-order chi connectivity index (χ0) is 11.5. The van der Waals surface area contributed by atoms with Gasteiger partial charge in [0.1, 0.15) is 0 Å². The van der Waals surface area contributed by atoms with Gasteiger partial charge in [-0.2, -0.15) is 0 Å². The van der Waals surface area contributed by atoms with Crippen molar-refractivity contribution in [2.75, 3.05) is 32.7 Å². The Balaban J connectivity index is 3.46. The summed E-state index contributed by atoms with van der Waals surface area (Å²) in [7, 11) is 0. The molecule has 0 rings (SSSR count). The van der Waals surface area contributed by atoms with Gasteiger partial charge in [0.2, 0.25) is 0 Å². The van der Waals surface area contributed by atoms with Gasteiger partial charge in [0, 0.05) is 26.1 Å². The molecule has 1 unspecified atom stereocenters. The molecule has 15 heavy (non-hydrogen) atoms. The largest absolute Gasteiger partial charge is 0.390 e. The smallest absolute Gasteiger partial charge is 0.0791 e.